The Bertz CT molecular complexity index is 646. The molecule has 0 bridgehead atoms. The minimum Gasteiger partial charge on any atom is -0.147 e. The van der Waals surface area contributed by atoms with Crippen LogP contribution in [0.2, 0.25) is 0 Å². The van der Waals surface area contributed by atoms with Gasteiger partial charge in [-0.15, -0.1) is 24.8 Å². The zero-order valence-corrected chi connectivity index (χ0v) is 24.9. The molecular weight excluding hydrogens is 474 g/mol. The predicted molar refractivity (Wildman–Crippen MR) is 132 cm³/mol. The number of rotatable bonds is 2. The van der Waals surface area contributed by atoms with Crippen LogP contribution in [0.4, 0.5) is 0 Å². The fraction of sp³-hybridized carbons (Fsp3) is 0.692. The summed E-state index contributed by atoms with van der Waals surface area (Å²) in [7, 11) is 0. The SMILES string of the molecule is CC(C)(C)C1=[C]([Zr][C]2=C(C(C)(C)C)C=CC2C(C)(C)C)C(C(C)(C)C)C=C1.Cl.Cl. The molecule has 0 amide bonds. The van der Waals surface area contributed by atoms with Crippen molar-refractivity contribution in [2.75, 3.05) is 0 Å². The summed E-state index contributed by atoms with van der Waals surface area (Å²) in [5.74, 6) is 1.21. The molecule has 2 aliphatic rings. The Balaban J connectivity index is 0.00000392. The molecule has 2 aliphatic carbocycles. The zero-order chi connectivity index (χ0) is 21.0. The largest absolute Gasteiger partial charge is 0.147 e. The topological polar surface area (TPSA) is 0 Å². The van der Waals surface area contributed by atoms with Crippen LogP contribution in [0.15, 0.2) is 42.0 Å². The fourth-order valence-corrected chi connectivity index (χ4v) is 11.3. The molecule has 0 spiro atoms. The van der Waals surface area contributed by atoms with Crippen molar-refractivity contribution in [2.24, 2.45) is 33.5 Å². The van der Waals surface area contributed by atoms with E-state index in [1.807, 2.05) is 6.56 Å². The summed E-state index contributed by atoms with van der Waals surface area (Å²) in [6, 6.07) is 0. The van der Waals surface area contributed by atoms with Gasteiger partial charge in [-0.25, -0.2) is 0 Å². The van der Waals surface area contributed by atoms with E-state index in [1.165, 1.54) is 0 Å². The van der Waals surface area contributed by atoms with Gasteiger partial charge in [0.25, 0.3) is 0 Å². The summed E-state index contributed by atoms with van der Waals surface area (Å²) >= 11 is -0.874. The van der Waals surface area contributed by atoms with Gasteiger partial charge in [0, 0.05) is 0 Å². The van der Waals surface area contributed by atoms with Crippen molar-refractivity contribution in [3.63, 3.8) is 0 Å². The average molecular weight is 519 g/mol. The minimum absolute atomic E-state index is 0. The smallest absolute Gasteiger partial charge is 0.147 e. The Hall–Kier alpha value is 0.423. The van der Waals surface area contributed by atoms with Gasteiger partial charge in [0.15, 0.2) is 0 Å². The number of allylic oxidation sites excluding steroid dienone is 8. The predicted octanol–water partition coefficient (Wildman–Crippen LogP) is 8.98. The van der Waals surface area contributed by atoms with Crippen molar-refractivity contribution in [1.82, 2.24) is 0 Å². The van der Waals surface area contributed by atoms with Gasteiger partial charge < -0.3 is 0 Å². The Labute approximate surface area is 205 Å². The summed E-state index contributed by atoms with van der Waals surface area (Å²) in [5, 5.41) is 0. The number of halogens is 2. The van der Waals surface area contributed by atoms with Gasteiger partial charge in [-0.05, 0) is 0 Å². The van der Waals surface area contributed by atoms with Gasteiger partial charge in [0.1, 0.15) is 0 Å². The molecule has 0 aliphatic heterocycles. The Morgan fingerprint density at radius 3 is 1.03 bits per heavy atom. The van der Waals surface area contributed by atoms with E-state index in [9.17, 15) is 0 Å². The second-order valence-electron chi connectivity index (χ2n) is 12.7. The van der Waals surface area contributed by atoms with Crippen LogP contribution in [0, 0.1) is 33.5 Å². The first kappa shape index (κ1) is 29.4. The molecule has 0 heterocycles. The molecule has 0 nitrogen and oxygen atoms in total. The van der Waals surface area contributed by atoms with E-state index in [2.05, 4.69) is 107 Å². The van der Waals surface area contributed by atoms with Crippen molar-refractivity contribution in [2.45, 2.75) is 83.1 Å². The Morgan fingerprint density at radius 2 is 0.828 bits per heavy atom. The van der Waals surface area contributed by atoms with Crippen molar-refractivity contribution < 1.29 is 23.2 Å². The third kappa shape index (κ3) is 6.70. The molecule has 0 N–H and O–H groups in total. The van der Waals surface area contributed by atoms with Gasteiger partial charge in [0.05, 0.1) is 0 Å². The van der Waals surface area contributed by atoms with E-state index < -0.39 is 23.2 Å². The maximum absolute atomic E-state index is 2.52. The summed E-state index contributed by atoms with van der Waals surface area (Å²) in [5.41, 5.74) is 4.33. The molecule has 0 aromatic rings. The van der Waals surface area contributed by atoms with Crippen LogP contribution in [-0.4, -0.2) is 0 Å². The Kier molecular flexibility index (Phi) is 9.64. The average Bonchev–Trinajstić information content (AvgIpc) is 2.99. The maximum Gasteiger partial charge on any atom is -0.147 e. The monoisotopic (exact) mass is 516 g/mol. The molecule has 29 heavy (non-hydrogen) atoms. The molecule has 0 fully saturated rings. The molecule has 0 radical (unpaired) electrons. The van der Waals surface area contributed by atoms with Crippen LogP contribution in [0.5, 0.6) is 0 Å². The molecule has 166 valence electrons. The summed E-state index contributed by atoms with van der Waals surface area (Å²) in [6.07, 6.45) is 9.97. The van der Waals surface area contributed by atoms with Crippen LogP contribution in [0.3, 0.4) is 0 Å². The van der Waals surface area contributed by atoms with Gasteiger partial charge in [-0.1, -0.05) is 0 Å². The van der Waals surface area contributed by atoms with E-state index in [0.717, 1.165) is 0 Å². The maximum atomic E-state index is 2.52. The third-order valence-electron chi connectivity index (χ3n) is 5.86. The van der Waals surface area contributed by atoms with Gasteiger partial charge in [-0.3, -0.25) is 0 Å². The van der Waals surface area contributed by atoms with Gasteiger partial charge in [-0.2, -0.15) is 0 Å². The summed E-state index contributed by atoms with van der Waals surface area (Å²) in [6.45, 7) is 28.9. The molecule has 0 aromatic heterocycles. The fourth-order valence-electron chi connectivity index (χ4n) is 4.28. The molecular formula is C26H44Cl2Zr. The summed E-state index contributed by atoms with van der Waals surface area (Å²) < 4.78 is 3.65. The quantitative estimate of drug-likeness (QED) is 0.342. The first-order chi connectivity index (χ1) is 11.9. The molecule has 0 aromatic carbocycles. The standard InChI is InChI=1S/2C13H21.2ClH.Zr/c2*1-12(2,3)10-7-8-11(9-10)13(4,5)6;;;/h2*7-8,10H,1-6H3;2*1H;. The molecule has 2 rings (SSSR count). The normalized spacial score (nSPS) is 22.8. The summed E-state index contributed by atoms with van der Waals surface area (Å²) in [4.78, 5) is 0. The van der Waals surface area contributed by atoms with E-state index in [1.54, 1.807) is 11.1 Å². The van der Waals surface area contributed by atoms with Crippen LogP contribution in [0.25, 0.3) is 0 Å². The Morgan fingerprint density at radius 1 is 0.552 bits per heavy atom. The molecule has 0 saturated heterocycles. The van der Waals surface area contributed by atoms with Crippen LogP contribution in [0.1, 0.15) is 83.1 Å². The minimum atomic E-state index is -0.874. The van der Waals surface area contributed by atoms with E-state index in [-0.39, 0.29) is 35.6 Å². The van der Waals surface area contributed by atoms with Crippen molar-refractivity contribution in [3.8, 4) is 0 Å². The number of hydrogen-bond donors (Lipinski definition) is 0. The molecule has 3 heteroatoms. The van der Waals surface area contributed by atoms with Crippen molar-refractivity contribution >= 4 is 24.8 Å². The second kappa shape index (κ2) is 9.50. The van der Waals surface area contributed by atoms with E-state index in [4.69, 9.17) is 0 Å². The zero-order valence-electron chi connectivity index (χ0n) is 20.8. The number of hydrogen-bond acceptors (Lipinski definition) is 0. The second-order valence-corrected chi connectivity index (χ2v) is 15.9. The third-order valence-corrected chi connectivity index (χ3v) is 10.0. The molecule has 0 saturated carbocycles. The molecule has 2 unspecified atom stereocenters. The van der Waals surface area contributed by atoms with Crippen LogP contribution >= 0.6 is 24.8 Å². The van der Waals surface area contributed by atoms with Gasteiger partial charge in [0.2, 0.25) is 0 Å². The molecule has 2 atom stereocenters. The van der Waals surface area contributed by atoms with E-state index >= 15 is 0 Å². The van der Waals surface area contributed by atoms with Gasteiger partial charge >= 0.3 is 182 Å². The van der Waals surface area contributed by atoms with Crippen molar-refractivity contribution in [3.05, 3.63) is 42.0 Å². The first-order valence-electron chi connectivity index (χ1n) is 10.6. The first-order valence-corrected chi connectivity index (χ1v) is 13.0. The van der Waals surface area contributed by atoms with E-state index in [0.29, 0.717) is 22.7 Å². The van der Waals surface area contributed by atoms with Crippen LogP contribution < -0.4 is 0 Å². The van der Waals surface area contributed by atoms with Crippen molar-refractivity contribution in [1.29, 1.82) is 0 Å². The van der Waals surface area contributed by atoms with Crippen LogP contribution in [-0.2, 0) is 23.2 Å².